The third-order valence-corrected chi connectivity index (χ3v) is 4.92. The molecule has 2 aromatic rings. The van der Waals surface area contributed by atoms with Crippen molar-refractivity contribution in [2.75, 3.05) is 6.54 Å². The smallest absolute Gasteiger partial charge is 0.290 e. The minimum atomic E-state index is -0.529. The monoisotopic (exact) mass is 369 g/mol. The number of hydrogen-bond donors (Lipinski definition) is 4. The van der Waals surface area contributed by atoms with E-state index in [4.69, 9.17) is 4.52 Å². The summed E-state index contributed by atoms with van der Waals surface area (Å²) >= 11 is 0. The van der Waals surface area contributed by atoms with Crippen LogP contribution >= 0.6 is 0 Å². The van der Waals surface area contributed by atoms with Gasteiger partial charge in [-0.3, -0.25) is 9.80 Å². The number of aromatic nitrogens is 1. The van der Waals surface area contributed by atoms with Gasteiger partial charge in [0.2, 0.25) is 5.76 Å². The van der Waals surface area contributed by atoms with E-state index in [1.54, 1.807) is 13.0 Å². The predicted molar refractivity (Wildman–Crippen MR) is 98.7 cm³/mol. The number of nitrogens with one attached hydrogen (secondary N) is 3. The summed E-state index contributed by atoms with van der Waals surface area (Å²) < 4.78 is 5.20. The molecule has 1 saturated carbocycles. The van der Waals surface area contributed by atoms with Gasteiger partial charge in [-0.1, -0.05) is 35.5 Å². The van der Waals surface area contributed by atoms with E-state index >= 15 is 0 Å². The Balaban J connectivity index is 1.25. The molecule has 0 saturated heterocycles. The summed E-state index contributed by atoms with van der Waals surface area (Å²) in [7, 11) is 0. The Kier molecular flexibility index (Phi) is 4.83. The first-order valence-electron chi connectivity index (χ1n) is 9.09. The highest BCUT2D eigenvalue weighted by molar-refractivity contribution is 5.92. The number of carbonyl (C=O) groups is 1. The molecule has 0 spiro atoms. The van der Waals surface area contributed by atoms with Gasteiger partial charge in [0.1, 0.15) is 5.69 Å². The maximum absolute atomic E-state index is 12.3. The largest absolute Gasteiger partial charge is 0.387 e. The van der Waals surface area contributed by atoms with Gasteiger partial charge in [0.05, 0.1) is 11.8 Å². The van der Waals surface area contributed by atoms with Gasteiger partial charge in [0.15, 0.2) is 0 Å². The number of rotatable bonds is 6. The van der Waals surface area contributed by atoms with E-state index < -0.39 is 6.10 Å². The molecular weight excluding hydrogens is 346 g/mol. The van der Waals surface area contributed by atoms with E-state index in [2.05, 4.69) is 21.4 Å². The summed E-state index contributed by atoms with van der Waals surface area (Å²) in [6.07, 6.45) is 3.15. The van der Waals surface area contributed by atoms with Crippen LogP contribution in [0.2, 0.25) is 0 Å². The number of amides is 1. The molecular formula is C19H23N5O3. The van der Waals surface area contributed by atoms with E-state index in [1.165, 1.54) is 0 Å². The lowest BCUT2D eigenvalue weighted by molar-refractivity contribution is 0.0823. The van der Waals surface area contributed by atoms with Crippen LogP contribution in [0.4, 0.5) is 0 Å². The lowest BCUT2D eigenvalue weighted by Crippen LogP contribution is -2.49. The SMILES string of the molecule is C[C@@H](O)C1=CN(C[C@H]2C[C@@H](NC(=O)c3cc(-c4ccccc4)no3)C2)NN1. The zero-order valence-electron chi connectivity index (χ0n) is 15.1. The van der Waals surface area contributed by atoms with Crippen LogP contribution in [0.15, 0.2) is 52.8 Å². The van der Waals surface area contributed by atoms with E-state index in [-0.39, 0.29) is 17.7 Å². The van der Waals surface area contributed by atoms with E-state index in [1.807, 2.05) is 41.5 Å². The first-order chi connectivity index (χ1) is 13.1. The summed E-state index contributed by atoms with van der Waals surface area (Å²) in [5.41, 5.74) is 8.26. The van der Waals surface area contributed by atoms with Crippen LogP contribution < -0.4 is 16.3 Å². The zero-order chi connectivity index (χ0) is 18.8. The highest BCUT2D eigenvalue weighted by Gasteiger charge is 2.33. The van der Waals surface area contributed by atoms with Crippen molar-refractivity contribution < 1.29 is 14.4 Å². The van der Waals surface area contributed by atoms with Crippen molar-refractivity contribution in [2.45, 2.75) is 31.9 Å². The van der Waals surface area contributed by atoms with E-state index in [9.17, 15) is 9.90 Å². The van der Waals surface area contributed by atoms with Gasteiger partial charge in [0, 0.05) is 30.4 Å². The van der Waals surface area contributed by atoms with Crippen LogP contribution in [-0.4, -0.2) is 39.9 Å². The third-order valence-electron chi connectivity index (χ3n) is 4.92. The highest BCUT2D eigenvalue weighted by atomic mass is 16.5. The molecule has 8 heteroatoms. The fourth-order valence-electron chi connectivity index (χ4n) is 3.34. The number of hydrogen-bond acceptors (Lipinski definition) is 7. The summed E-state index contributed by atoms with van der Waals surface area (Å²) in [4.78, 5) is 12.3. The molecule has 1 aliphatic heterocycles. The topological polar surface area (TPSA) is 103 Å². The lowest BCUT2D eigenvalue weighted by atomic mass is 9.80. The molecule has 142 valence electrons. The van der Waals surface area contributed by atoms with Crippen molar-refractivity contribution in [1.29, 1.82) is 0 Å². The van der Waals surface area contributed by atoms with Crippen LogP contribution in [0.1, 0.15) is 30.3 Å². The molecule has 1 fully saturated rings. The minimum absolute atomic E-state index is 0.142. The average molecular weight is 369 g/mol. The second kappa shape index (κ2) is 7.42. The molecule has 1 aromatic carbocycles. The highest BCUT2D eigenvalue weighted by Crippen LogP contribution is 2.29. The molecule has 0 radical (unpaired) electrons. The number of aliphatic hydroxyl groups is 1. The Morgan fingerprint density at radius 2 is 2.19 bits per heavy atom. The number of aliphatic hydroxyl groups excluding tert-OH is 1. The molecule has 8 nitrogen and oxygen atoms in total. The fraction of sp³-hybridized carbons (Fsp3) is 0.368. The zero-order valence-corrected chi connectivity index (χ0v) is 15.1. The quantitative estimate of drug-likeness (QED) is 0.610. The van der Waals surface area contributed by atoms with Crippen LogP contribution in [0.25, 0.3) is 11.3 Å². The van der Waals surface area contributed by atoms with Crippen molar-refractivity contribution in [2.24, 2.45) is 5.92 Å². The minimum Gasteiger partial charge on any atom is -0.387 e. The Morgan fingerprint density at radius 1 is 1.41 bits per heavy atom. The van der Waals surface area contributed by atoms with Gasteiger partial charge in [0.25, 0.3) is 5.91 Å². The third kappa shape index (κ3) is 3.96. The van der Waals surface area contributed by atoms with Gasteiger partial charge in [-0.15, -0.1) is 5.53 Å². The van der Waals surface area contributed by atoms with Gasteiger partial charge < -0.3 is 20.4 Å². The molecule has 0 bridgehead atoms. The first-order valence-corrected chi connectivity index (χ1v) is 9.09. The summed E-state index contributed by atoms with van der Waals surface area (Å²) in [6, 6.07) is 11.4. The summed E-state index contributed by atoms with van der Waals surface area (Å²) in [5.74, 6) is 0.474. The molecule has 2 aliphatic rings. The van der Waals surface area contributed by atoms with Gasteiger partial charge in [-0.25, -0.2) is 0 Å². The molecule has 1 aromatic heterocycles. The predicted octanol–water partition coefficient (Wildman–Crippen LogP) is 1.40. The number of benzene rings is 1. The molecule has 4 rings (SSSR count). The maximum atomic E-state index is 12.3. The first kappa shape index (κ1) is 17.6. The average Bonchev–Trinajstić information content (AvgIpc) is 3.30. The Morgan fingerprint density at radius 3 is 2.89 bits per heavy atom. The van der Waals surface area contributed by atoms with Crippen LogP contribution in [0.5, 0.6) is 0 Å². The normalized spacial score (nSPS) is 22.6. The second-order valence-electron chi connectivity index (χ2n) is 7.10. The number of hydrazine groups is 2. The van der Waals surface area contributed by atoms with Crippen LogP contribution in [0.3, 0.4) is 0 Å². The lowest BCUT2D eigenvalue weighted by Gasteiger charge is -2.37. The fourth-order valence-corrected chi connectivity index (χ4v) is 3.34. The maximum Gasteiger partial charge on any atom is 0.290 e. The standard InChI is InChI=1S/C19H23N5O3/c1-12(25)17-11-24(23-21-17)10-13-7-15(8-13)20-19(26)18-9-16(22-27-18)14-5-3-2-4-6-14/h2-6,9,11-13,15,21,23,25H,7-8,10H2,1H3,(H,20,26)/t12-,13-,15+/m1/s1. The molecule has 1 amide bonds. The molecule has 0 unspecified atom stereocenters. The summed E-state index contributed by atoms with van der Waals surface area (Å²) in [5, 5.41) is 18.4. The van der Waals surface area contributed by atoms with Gasteiger partial charge >= 0.3 is 0 Å². The number of carbonyl (C=O) groups excluding carboxylic acids is 1. The molecule has 1 aliphatic carbocycles. The molecule has 27 heavy (non-hydrogen) atoms. The number of nitrogens with zero attached hydrogens (tertiary/aromatic N) is 2. The second-order valence-corrected chi connectivity index (χ2v) is 7.10. The van der Waals surface area contributed by atoms with Gasteiger partial charge in [-0.05, 0) is 25.7 Å². The Hall–Kier alpha value is -2.84. The molecule has 1 atom stereocenters. The van der Waals surface area contributed by atoms with E-state index in [0.29, 0.717) is 11.6 Å². The van der Waals surface area contributed by atoms with E-state index in [0.717, 1.165) is 30.6 Å². The summed E-state index contributed by atoms with van der Waals surface area (Å²) in [6.45, 7) is 2.53. The van der Waals surface area contributed by atoms with Crippen LogP contribution in [0, 0.1) is 5.92 Å². The Labute approximate surface area is 157 Å². The van der Waals surface area contributed by atoms with Crippen molar-refractivity contribution in [3.05, 3.63) is 54.1 Å². The molecule has 2 heterocycles. The van der Waals surface area contributed by atoms with Crippen molar-refractivity contribution in [1.82, 2.24) is 26.4 Å². The van der Waals surface area contributed by atoms with Gasteiger partial charge in [-0.2, -0.15) is 0 Å². The molecule has 4 N–H and O–H groups in total. The van der Waals surface area contributed by atoms with Crippen LogP contribution in [-0.2, 0) is 0 Å². The van der Waals surface area contributed by atoms with Crippen molar-refractivity contribution in [3.63, 3.8) is 0 Å². The van der Waals surface area contributed by atoms with Crippen molar-refractivity contribution >= 4 is 5.91 Å². The Bertz CT molecular complexity index is 827. The van der Waals surface area contributed by atoms with Crippen molar-refractivity contribution in [3.8, 4) is 11.3 Å².